The molecule has 35 heavy (non-hydrogen) atoms. The minimum Gasteiger partial charge on any atom is -0.485 e. The van der Waals surface area contributed by atoms with Gasteiger partial charge in [-0.15, -0.1) is 0 Å². The van der Waals surface area contributed by atoms with Gasteiger partial charge in [0.1, 0.15) is 23.3 Å². The van der Waals surface area contributed by atoms with Crippen LogP contribution < -0.4 is 20.9 Å². The van der Waals surface area contributed by atoms with Crippen LogP contribution in [-0.4, -0.2) is 64.0 Å². The zero-order chi connectivity index (χ0) is 26.0. The van der Waals surface area contributed by atoms with Crippen LogP contribution in [0.5, 0.6) is 5.75 Å². The van der Waals surface area contributed by atoms with Gasteiger partial charge in [-0.2, -0.15) is 5.26 Å². The maximum absolute atomic E-state index is 12.7. The van der Waals surface area contributed by atoms with Crippen molar-refractivity contribution < 1.29 is 9.84 Å². The lowest BCUT2D eigenvalue weighted by atomic mass is 9.88. The van der Waals surface area contributed by atoms with Gasteiger partial charge in [-0.1, -0.05) is 20.8 Å². The molecule has 2 atom stereocenters. The number of rotatable bonds is 7. The smallest absolute Gasteiger partial charge is 0.330 e. The van der Waals surface area contributed by atoms with Crippen LogP contribution in [0.15, 0.2) is 39.9 Å². The van der Waals surface area contributed by atoms with Crippen LogP contribution in [0.3, 0.4) is 0 Å². The second kappa shape index (κ2) is 10.3. The number of H-pyrrole nitrogens is 1. The van der Waals surface area contributed by atoms with Crippen molar-refractivity contribution in [1.82, 2.24) is 14.5 Å². The minimum atomic E-state index is -0.833. The van der Waals surface area contributed by atoms with Gasteiger partial charge >= 0.3 is 5.69 Å². The highest BCUT2D eigenvalue weighted by molar-refractivity contribution is 5.40. The number of β-amino-alcohol motifs (C(OH)–C–C–N with tert-alkyl or cyclic N) is 1. The normalized spacial score (nSPS) is 17.0. The summed E-state index contributed by atoms with van der Waals surface area (Å²) >= 11 is 0. The van der Waals surface area contributed by atoms with Gasteiger partial charge in [-0.05, 0) is 50.5 Å². The highest BCUT2D eigenvalue weighted by atomic mass is 16.5. The molecule has 1 aromatic carbocycles. The number of hydrogen-bond donors (Lipinski definition) is 2. The number of nitriles is 1. The number of aromatic nitrogens is 2. The molecule has 0 bridgehead atoms. The second-order valence-electron chi connectivity index (χ2n) is 10.9. The van der Waals surface area contributed by atoms with Crippen molar-refractivity contribution in [3.8, 4) is 11.8 Å². The number of ether oxygens (including phenoxy) is 1. The average molecular weight is 484 g/mol. The van der Waals surface area contributed by atoms with Crippen molar-refractivity contribution in [2.45, 2.75) is 59.3 Å². The van der Waals surface area contributed by atoms with E-state index in [1.165, 1.54) is 6.07 Å². The first-order valence-electron chi connectivity index (χ1n) is 12.0. The first-order valence-corrected chi connectivity index (χ1v) is 12.0. The predicted molar refractivity (Wildman–Crippen MR) is 136 cm³/mol. The Morgan fingerprint density at radius 1 is 1.09 bits per heavy atom. The molecule has 0 radical (unpaired) electrons. The van der Waals surface area contributed by atoms with Gasteiger partial charge in [0.15, 0.2) is 0 Å². The molecular weight excluding hydrogens is 446 g/mol. The highest BCUT2D eigenvalue weighted by Crippen LogP contribution is 2.32. The van der Waals surface area contributed by atoms with Gasteiger partial charge < -0.3 is 14.7 Å². The lowest BCUT2D eigenvalue weighted by Gasteiger charge is -2.41. The first-order chi connectivity index (χ1) is 16.3. The molecule has 3 rings (SSSR count). The van der Waals surface area contributed by atoms with E-state index in [2.05, 4.69) is 41.6 Å². The number of nitrogens with one attached hydrogen (secondary N) is 1. The van der Waals surface area contributed by atoms with E-state index in [4.69, 9.17) is 10.00 Å². The van der Waals surface area contributed by atoms with Crippen molar-refractivity contribution in [2.24, 2.45) is 5.41 Å². The summed E-state index contributed by atoms with van der Waals surface area (Å²) in [6.45, 7) is 14.9. The fraction of sp³-hybridized carbons (Fsp3) is 0.577. The van der Waals surface area contributed by atoms with Crippen molar-refractivity contribution >= 4 is 5.82 Å². The molecule has 1 aromatic heterocycles. The third-order valence-corrected chi connectivity index (χ3v) is 6.89. The van der Waals surface area contributed by atoms with Gasteiger partial charge in [-0.3, -0.25) is 19.2 Å². The molecule has 0 amide bonds. The number of aliphatic hydroxyl groups excluding tert-OH is 1. The molecule has 1 aliphatic rings. The standard InChI is InChI=1S/C26H37N5O4/c1-18(25(2,3)4)31-23(15-22(33)28-24(31)34)30-13-11-29(12-14-30)17-21(32)26(5,6)35-20-9-7-19(16-27)8-10-20/h7-10,15,18,21,32H,11-14,17H2,1-6H3,(H,28,33,34). The first kappa shape index (κ1) is 26.5. The molecule has 0 spiro atoms. The van der Waals surface area contributed by atoms with Crippen LogP contribution in [0.4, 0.5) is 5.82 Å². The molecule has 190 valence electrons. The summed E-state index contributed by atoms with van der Waals surface area (Å²) in [5.74, 6) is 1.23. The van der Waals surface area contributed by atoms with Crippen molar-refractivity contribution in [3.63, 3.8) is 0 Å². The molecule has 9 nitrogen and oxygen atoms in total. The molecule has 0 saturated carbocycles. The average Bonchev–Trinajstić information content (AvgIpc) is 2.78. The summed E-state index contributed by atoms with van der Waals surface area (Å²) in [4.78, 5) is 31.5. The van der Waals surface area contributed by atoms with E-state index in [0.29, 0.717) is 49.9 Å². The van der Waals surface area contributed by atoms with Gasteiger partial charge in [0, 0.05) is 44.8 Å². The maximum atomic E-state index is 12.7. The number of hydrogen-bond acceptors (Lipinski definition) is 7. The Morgan fingerprint density at radius 2 is 1.69 bits per heavy atom. The fourth-order valence-electron chi connectivity index (χ4n) is 4.09. The SMILES string of the molecule is CC(n1c(N2CCN(CC(O)C(C)(C)Oc3ccc(C#N)cc3)CC2)cc(=O)[nH]c1=O)C(C)(C)C. The largest absolute Gasteiger partial charge is 0.485 e. The highest BCUT2D eigenvalue weighted by Gasteiger charge is 2.33. The Labute approximate surface area is 206 Å². The van der Waals surface area contributed by atoms with E-state index in [-0.39, 0.29) is 11.5 Å². The molecule has 2 heterocycles. The van der Waals surface area contributed by atoms with Gasteiger partial charge in [0.25, 0.3) is 5.56 Å². The van der Waals surface area contributed by atoms with Gasteiger partial charge in [0.2, 0.25) is 0 Å². The summed E-state index contributed by atoms with van der Waals surface area (Å²) in [6, 6.07) is 10.3. The Kier molecular flexibility index (Phi) is 7.77. The molecule has 9 heteroatoms. The van der Waals surface area contributed by atoms with E-state index in [0.717, 1.165) is 0 Å². The van der Waals surface area contributed by atoms with Crippen LogP contribution in [0.2, 0.25) is 0 Å². The number of aliphatic hydroxyl groups is 1. The summed E-state index contributed by atoms with van der Waals surface area (Å²) in [5.41, 5.74) is -1.24. The molecule has 1 fully saturated rings. The second-order valence-corrected chi connectivity index (χ2v) is 10.9. The molecule has 2 N–H and O–H groups in total. The maximum Gasteiger partial charge on any atom is 0.330 e. The van der Waals surface area contributed by atoms with Crippen molar-refractivity contribution in [2.75, 3.05) is 37.6 Å². The van der Waals surface area contributed by atoms with Crippen LogP contribution in [0.25, 0.3) is 0 Å². The summed E-state index contributed by atoms with van der Waals surface area (Å²) in [6.07, 6.45) is -0.747. The number of aromatic amines is 1. The third-order valence-electron chi connectivity index (χ3n) is 6.89. The summed E-state index contributed by atoms with van der Waals surface area (Å²) < 4.78 is 7.70. The number of benzene rings is 1. The number of nitrogens with zero attached hydrogens (tertiary/aromatic N) is 4. The molecule has 2 aromatic rings. The summed E-state index contributed by atoms with van der Waals surface area (Å²) in [7, 11) is 0. The molecule has 1 aliphatic heterocycles. The Balaban J connectivity index is 1.66. The quantitative estimate of drug-likeness (QED) is 0.621. The fourth-order valence-corrected chi connectivity index (χ4v) is 4.09. The van der Waals surface area contributed by atoms with Crippen LogP contribution >= 0.6 is 0 Å². The van der Waals surface area contributed by atoms with Crippen LogP contribution in [0.1, 0.15) is 53.1 Å². The van der Waals surface area contributed by atoms with E-state index in [1.54, 1.807) is 28.8 Å². The van der Waals surface area contributed by atoms with Gasteiger partial charge in [0.05, 0.1) is 11.6 Å². The van der Waals surface area contributed by atoms with Crippen LogP contribution in [-0.2, 0) is 0 Å². The molecule has 2 unspecified atom stereocenters. The molecular formula is C26H37N5O4. The molecule has 1 saturated heterocycles. The van der Waals surface area contributed by atoms with E-state index < -0.39 is 23.0 Å². The Hall–Kier alpha value is -3.09. The van der Waals surface area contributed by atoms with Gasteiger partial charge in [-0.25, -0.2) is 4.79 Å². The summed E-state index contributed by atoms with van der Waals surface area (Å²) in [5, 5.41) is 19.9. The minimum absolute atomic E-state index is 0.109. The molecule has 0 aliphatic carbocycles. The predicted octanol–water partition coefficient (Wildman–Crippen LogP) is 2.36. The zero-order valence-electron chi connectivity index (χ0n) is 21.5. The lowest BCUT2D eigenvalue weighted by molar-refractivity contribution is -0.0449. The van der Waals surface area contributed by atoms with E-state index >= 15 is 0 Å². The number of anilines is 1. The third kappa shape index (κ3) is 6.32. The van der Waals surface area contributed by atoms with Crippen LogP contribution in [0, 0.1) is 16.7 Å². The topological polar surface area (TPSA) is 115 Å². The van der Waals surface area contributed by atoms with E-state index in [9.17, 15) is 14.7 Å². The zero-order valence-corrected chi connectivity index (χ0v) is 21.5. The monoisotopic (exact) mass is 483 g/mol. The Bertz CT molecular complexity index is 1160. The van der Waals surface area contributed by atoms with Crippen molar-refractivity contribution in [3.05, 3.63) is 56.7 Å². The lowest BCUT2D eigenvalue weighted by Crippen LogP contribution is -2.54. The Morgan fingerprint density at radius 3 is 2.23 bits per heavy atom. The number of piperazine rings is 1. The van der Waals surface area contributed by atoms with E-state index in [1.807, 2.05) is 20.8 Å². The van der Waals surface area contributed by atoms with Crippen molar-refractivity contribution in [1.29, 1.82) is 5.26 Å².